The van der Waals surface area contributed by atoms with Crippen molar-refractivity contribution in [1.82, 2.24) is 25.1 Å². The predicted octanol–water partition coefficient (Wildman–Crippen LogP) is 3.28. The van der Waals surface area contributed by atoms with E-state index in [1.54, 1.807) is 24.3 Å². The minimum absolute atomic E-state index is 0.0245. The zero-order chi connectivity index (χ0) is 20.6. The van der Waals surface area contributed by atoms with Crippen LogP contribution in [0.3, 0.4) is 0 Å². The van der Waals surface area contributed by atoms with Gasteiger partial charge in [0.15, 0.2) is 17.2 Å². The summed E-state index contributed by atoms with van der Waals surface area (Å²) < 4.78 is 39.9. The van der Waals surface area contributed by atoms with Crippen molar-refractivity contribution >= 4 is 28.3 Å². The summed E-state index contributed by atoms with van der Waals surface area (Å²) >= 11 is 0. The fourth-order valence-electron chi connectivity index (χ4n) is 2.69. The van der Waals surface area contributed by atoms with Crippen molar-refractivity contribution in [2.45, 2.75) is 6.18 Å². The number of anilines is 2. The number of rotatable bonds is 4. The number of hydrogen-bond acceptors (Lipinski definition) is 6. The van der Waals surface area contributed by atoms with Gasteiger partial charge in [0.05, 0.1) is 5.52 Å². The first kappa shape index (κ1) is 18.3. The van der Waals surface area contributed by atoms with Gasteiger partial charge >= 0.3 is 6.18 Å². The van der Waals surface area contributed by atoms with Crippen LogP contribution in [0.2, 0.25) is 0 Å². The van der Waals surface area contributed by atoms with Crippen LogP contribution in [-0.4, -0.2) is 31.1 Å². The number of hydrogen-bond donors (Lipinski definition) is 3. The molecule has 146 valence electrons. The molecule has 0 fully saturated rings. The maximum Gasteiger partial charge on any atom is 0.433 e. The summed E-state index contributed by atoms with van der Waals surface area (Å²) in [6, 6.07) is 10.3. The number of halogens is 3. The van der Waals surface area contributed by atoms with Crippen molar-refractivity contribution in [2.24, 2.45) is 5.73 Å². The van der Waals surface area contributed by atoms with Gasteiger partial charge in [0.2, 0.25) is 0 Å². The van der Waals surface area contributed by atoms with Gasteiger partial charge in [-0.05, 0) is 30.3 Å². The summed E-state index contributed by atoms with van der Waals surface area (Å²) in [6.45, 7) is 0. The average molecular weight is 399 g/mol. The number of pyridine rings is 1. The number of aromatic nitrogens is 5. The van der Waals surface area contributed by atoms with Gasteiger partial charge in [-0.2, -0.15) is 18.3 Å². The number of alkyl halides is 3. The summed E-state index contributed by atoms with van der Waals surface area (Å²) in [5, 5.41) is 9.72. The van der Waals surface area contributed by atoms with E-state index in [2.05, 4.69) is 30.5 Å². The van der Waals surface area contributed by atoms with Gasteiger partial charge in [0.25, 0.3) is 5.91 Å². The highest BCUT2D eigenvalue weighted by molar-refractivity contribution is 6.04. The van der Waals surface area contributed by atoms with Crippen LogP contribution in [0.15, 0.2) is 48.7 Å². The van der Waals surface area contributed by atoms with Crippen molar-refractivity contribution in [3.05, 3.63) is 60.0 Å². The van der Waals surface area contributed by atoms with Gasteiger partial charge in [0.1, 0.15) is 11.5 Å². The molecule has 0 bridgehead atoms. The van der Waals surface area contributed by atoms with Crippen molar-refractivity contribution in [3.8, 4) is 11.5 Å². The Kier molecular flexibility index (Phi) is 4.34. The Hall–Kier alpha value is -4.02. The molecular formula is C18H12F3N7O. The molecule has 0 saturated heterocycles. The van der Waals surface area contributed by atoms with Crippen molar-refractivity contribution in [3.63, 3.8) is 0 Å². The monoisotopic (exact) mass is 399 g/mol. The molecule has 0 aliphatic heterocycles. The third kappa shape index (κ3) is 3.70. The number of benzene rings is 1. The van der Waals surface area contributed by atoms with Gasteiger partial charge in [-0.1, -0.05) is 6.07 Å². The molecule has 1 amide bonds. The molecule has 0 unspecified atom stereocenters. The lowest BCUT2D eigenvalue weighted by Crippen LogP contribution is -2.12. The fraction of sp³-hybridized carbons (Fsp3) is 0.0556. The molecule has 0 radical (unpaired) electrons. The number of carbonyl (C=O) groups excluding carboxylic acids is 1. The number of fused-ring (bicyclic) bond motifs is 1. The molecule has 4 N–H and O–H groups in total. The average Bonchev–Trinajstić information content (AvgIpc) is 3.11. The maximum absolute atomic E-state index is 13.3. The fourth-order valence-corrected chi connectivity index (χ4v) is 2.69. The first-order valence-corrected chi connectivity index (χ1v) is 8.24. The van der Waals surface area contributed by atoms with Crippen molar-refractivity contribution in [1.29, 1.82) is 0 Å². The molecule has 0 spiro atoms. The molecule has 0 aliphatic rings. The van der Waals surface area contributed by atoms with E-state index >= 15 is 0 Å². The van der Waals surface area contributed by atoms with E-state index in [9.17, 15) is 18.0 Å². The lowest BCUT2D eigenvalue weighted by Gasteiger charge is -2.12. The van der Waals surface area contributed by atoms with Crippen LogP contribution in [0, 0.1) is 0 Å². The topological polar surface area (TPSA) is 122 Å². The highest BCUT2D eigenvalue weighted by Crippen LogP contribution is 2.31. The molecule has 8 nitrogen and oxygen atoms in total. The van der Waals surface area contributed by atoms with Crippen LogP contribution in [0.4, 0.5) is 24.7 Å². The van der Waals surface area contributed by atoms with E-state index in [0.29, 0.717) is 16.6 Å². The van der Waals surface area contributed by atoms with Crippen LogP contribution in [0.1, 0.15) is 16.2 Å². The van der Waals surface area contributed by atoms with E-state index in [-0.39, 0.29) is 23.0 Å². The summed E-state index contributed by atoms with van der Waals surface area (Å²) in [6.07, 6.45) is -3.24. The summed E-state index contributed by atoms with van der Waals surface area (Å²) in [7, 11) is 0. The van der Waals surface area contributed by atoms with Crippen molar-refractivity contribution < 1.29 is 18.0 Å². The number of nitrogens with two attached hydrogens (primary N) is 1. The zero-order valence-corrected chi connectivity index (χ0v) is 14.5. The smallest absolute Gasteiger partial charge is 0.364 e. The molecule has 4 aromatic rings. The molecule has 0 saturated carbocycles. The van der Waals surface area contributed by atoms with Crippen LogP contribution in [0.5, 0.6) is 0 Å². The Morgan fingerprint density at radius 1 is 1.10 bits per heavy atom. The van der Waals surface area contributed by atoms with Crippen molar-refractivity contribution in [2.75, 3.05) is 5.32 Å². The normalized spacial score (nSPS) is 11.6. The van der Waals surface area contributed by atoms with Crippen LogP contribution in [-0.2, 0) is 6.18 Å². The number of aromatic amines is 1. The number of nitrogens with one attached hydrogen (secondary N) is 2. The van der Waals surface area contributed by atoms with Gasteiger partial charge in [-0.15, -0.1) is 0 Å². The van der Waals surface area contributed by atoms with E-state index in [1.165, 1.54) is 18.3 Å². The number of nitrogens with zero attached hydrogens (tertiary/aromatic N) is 4. The number of primary amides is 1. The minimum Gasteiger partial charge on any atom is -0.364 e. The first-order valence-electron chi connectivity index (χ1n) is 8.24. The second-order valence-electron chi connectivity index (χ2n) is 6.00. The largest absolute Gasteiger partial charge is 0.433 e. The van der Waals surface area contributed by atoms with E-state index in [4.69, 9.17) is 5.73 Å². The minimum atomic E-state index is -4.67. The number of H-pyrrole nitrogens is 1. The first-order chi connectivity index (χ1) is 13.8. The van der Waals surface area contributed by atoms with Gasteiger partial charge in [-0.25, -0.2) is 9.97 Å². The third-order valence-electron chi connectivity index (χ3n) is 3.98. The molecule has 4 rings (SSSR count). The maximum atomic E-state index is 13.3. The number of carbonyl (C=O) groups is 1. The number of amides is 1. The summed E-state index contributed by atoms with van der Waals surface area (Å²) in [4.78, 5) is 23.2. The molecule has 3 heterocycles. The summed E-state index contributed by atoms with van der Waals surface area (Å²) in [5.74, 6) is -0.992. The second-order valence-corrected chi connectivity index (χ2v) is 6.00. The lowest BCUT2D eigenvalue weighted by atomic mass is 10.2. The lowest BCUT2D eigenvalue weighted by molar-refractivity contribution is -0.141. The van der Waals surface area contributed by atoms with Crippen LogP contribution < -0.4 is 11.1 Å². The van der Waals surface area contributed by atoms with Gasteiger partial charge < -0.3 is 11.1 Å². The highest BCUT2D eigenvalue weighted by atomic mass is 19.4. The third-order valence-corrected chi connectivity index (χ3v) is 3.98. The molecule has 11 heteroatoms. The Bertz CT molecular complexity index is 1210. The molecule has 3 aromatic heterocycles. The van der Waals surface area contributed by atoms with Gasteiger partial charge in [0, 0.05) is 23.3 Å². The molecule has 29 heavy (non-hydrogen) atoms. The zero-order valence-electron chi connectivity index (χ0n) is 14.5. The summed E-state index contributed by atoms with van der Waals surface area (Å²) in [5.41, 5.74) is 5.34. The quantitative estimate of drug-likeness (QED) is 0.484. The Morgan fingerprint density at radius 2 is 1.93 bits per heavy atom. The van der Waals surface area contributed by atoms with Gasteiger partial charge in [-0.3, -0.25) is 14.9 Å². The molecule has 0 atom stereocenters. The van der Waals surface area contributed by atoms with E-state index < -0.39 is 17.8 Å². The Morgan fingerprint density at radius 3 is 2.62 bits per heavy atom. The Labute approximate surface area is 161 Å². The SMILES string of the molecule is NC(=O)c1n[nH]c2ccc(Nc3cc(C(F)(F)F)nc(-c4ccccn4)n3)cc12. The molecular weight excluding hydrogens is 387 g/mol. The molecule has 1 aromatic carbocycles. The van der Waals surface area contributed by atoms with E-state index in [0.717, 1.165) is 6.07 Å². The Balaban J connectivity index is 1.77. The van der Waals surface area contributed by atoms with Crippen LogP contribution in [0.25, 0.3) is 22.4 Å². The predicted molar refractivity (Wildman–Crippen MR) is 98.2 cm³/mol. The molecule has 0 aliphatic carbocycles. The standard InChI is InChI=1S/C18H12F3N7O/c19-18(20,21)13-8-14(26-17(25-13)12-3-1-2-6-23-12)24-9-4-5-11-10(7-9)15(16(22)29)28-27-11/h1-8H,(H2,22,29)(H,27,28)(H,24,25,26). The second kappa shape index (κ2) is 6.86. The van der Waals surface area contributed by atoms with E-state index in [1.807, 2.05) is 0 Å². The highest BCUT2D eigenvalue weighted by Gasteiger charge is 2.34. The van der Waals surface area contributed by atoms with Crippen LogP contribution >= 0.6 is 0 Å².